The number of aromatic nitrogens is 5. The summed E-state index contributed by atoms with van der Waals surface area (Å²) in [5, 5.41) is 3.76. The van der Waals surface area contributed by atoms with Gasteiger partial charge in [0.1, 0.15) is 19.0 Å². The Balaban J connectivity index is 2.08. The summed E-state index contributed by atoms with van der Waals surface area (Å²) in [5.41, 5.74) is 0. The van der Waals surface area contributed by atoms with Gasteiger partial charge in [-0.2, -0.15) is 13.9 Å². The van der Waals surface area contributed by atoms with E-state index in [1.54, 1.807) is 0 Å². The molecule has 2 aromatic heterocycles. The van der Waals surface area contributed by atoms with Gasteiger partial charge in [-0.15, -0.1) is 0 Å². The SMILES string of the molecule is FC(F)C(F)(F)COc1cc(-n2cncn2)ncn1. The summed E-state index contributed by atoms with van der Waals surface area (Å²) in [6.07, 6.45) is -0.204. The monoisotopic (exact) mass is 277 g/mol. The number of hydrogen-bond donors (Lipinski definition) is 0. The molecule has 0 saturated carbocycles. The molecule has 10 heteroatoms. The molecule has 19 heavy (non-hydrogen) atoms. The van der Waals surface area contributed by atoms with Gasteiger partial charge in [-0.3, -0.25) is 0 Å². The van der Waals surface area contributed by atoms with Gasteiger partial charge in [0.25, 0.3) is 0 Å². The summed E-state index contributed by atoms with van der Waals surface area (Å²) in [7, 11) is 0. The van der Waals surface area contributed by atoms with Crippen LogP contribution in [0.3, 0.4) is 0 Å². The number of hydrogen-bond acceptors (Lipinski definition) is 5. The zero-order valence-corrected chi connectivity index (χ0v) is 9.25. The Hall–Kier alpha value is -2.26. The van der Waals surface area contributed by atoms with Crippen molar-refractivity contribution in [2.24, 2.45) is 0 Å². The highest BCUT2D eigenvalue weighted by molar-refractivity contribution is 5.24. The highest BCUT2D eigenvalue weighted by Gasteiger charge is 2.41. The highest BCUT2D eigenvalue weighted by atomic mass is 19.3. The molecule has 2 rings (SSSR count). The van der Waals surface area contributed by atoms with E-state index in [1.165, 1.54) is 23.4 Å². The van der Waals surface area contributed by atoms with Crippen LogP contribution >= 0.6 is 0 Å². The molecule has 0 fully saturated rings. The smallest absolute Gasteiger partial charge is 0.340 e. The van der Waals surface area contributed by atoms with Gasteiger partial charge in [-0.05, 0) is 0 Å². The Morgan fingerprint density at radius 1 is 1.26 bits per heavy atom. The number of rotatable bonds is 5. The molecule has 0 saturated heterocycles. The molecule has 0 aliphatic heterocycles. The lowest BCUT2D eigenvalue weighted by molar-refractivity contribution is -0.148. The lowest BCUT2D eigenvalue weighted by atomic mass is 10.4. The molecule has 0 N–H and O–H groups in total. The molecule has 0 bridgehead atoms. The lowest BCUT2D eigenvalue weighted by Crippen LogP contribution is -2.33. The molecule has 0 spiro atoms. The van der Waals surface area contributed by atoms with Gasteiger partial charge in [-0.25, -0.2) is 28.4 Å². The molecular weight excluding hydrogens is 270 g/mol. The molecular formula is C9H7F4N5O. The van der Waals surface area contributed by atoms with Gasteiger partial charge < -0.3 is 4.74 Å². The Labute approximate surface area is 104 Å². The molecule has 2 heterocycles. The second kappa shape index (κ2) is 5.16. The molecule has 0 amide bonds. The second-order valence-corrected chi connectivity index (χ2v) is 3.40. The molecule has 2 aromatic rings. The van der Waals surface area contributed by atoms with E-state index in [0.717, 1.165) is 6.33 Å². The average Bonchev–Trinajstić information content (AvgIpc) is 2.90. The maximum Gasteiger partial charge on any atom is 0.340 e. The van der Waals surface area contributed by atoms with Crippen LogP contribution in [0, 0.1) is 0 Å². The van der Waals surface area contributed by atoms with Gasteiger partial charge in [0.15, 0.2) is 12.4 Å². The van der Waals surface area contributed by atoms with Crippen molar-refractivity contribution in [3.8, 4) is 11.7 Å². The van der Waals surface area contributed by atoms with E-state index in [0.29, 0.717) is 0 Å². The van der Waals surface area contributed by atoms with E-state index < -0.39 is 19.0 Å². The summed E-state index contributed by atoms with van der Waals surface area (Å²) in [5.74, 6) is -4.29. The Morgan fingerprint density at radius 3 is 2.68 bits per heavy atom. The van der Waals surface area contributed by atoms with E-state index in [-0.39, 0.29) is 11.7 Å². The number of alkyl halides is 4. The third-order valence-corrected chi connectivity index (χ3v) is 2.01. The maximum atomic E-state index is 12.7. The standard InChI is InChI=1S/C9H7F4N5O/c10-8(11)9(12,13)2-19-7-1-6(15-4-16-7)18-5-14-3-17-18/h1,3-5,8H,2H2. The first-order valence-corrected chi connectivity index (χ1v) is 4.95. The topological polar surface area (TPSA) is 65.7 Å². The van der Waals surface area contributed by atoms with Crippen LogP contribution in [0.4, 0.5) is 17.6 Å². The Morgan fingerprint density at radius 2 is 2.05 bits per heavy atom. The van der Waals surface area contributed by atoms with Crippen molar-refractivity contribution in [3.63, 3.8) is 0 Å². The van der Waals surface area contributed by atoms with Crippen molar-refractivity contribution >= 4 is 0 Å². The van der Waals surface area contributed by atoms with Crippen LogP contribution in [-0.4, -0.2) is 43.7 Å². The van der Waals surface area contributed by atoms with E-state index in [2.05, 4.69) is 24.8 Å². The third kappa shape index (κ3) is 3.14. The first-order chi connectivity index (χ1) is 8.99. The highest BCUT2D eigenvalue weighted by Crippen LogP contribution is 2.23. The predicted molar refractivity (Wildman–Crippen MR) is 53.4 cm³/mol. The summed E-state index contributed by atoms with van der Waals surface area (Å²) in [6, 6.07) is 1.18. The van der Waals surface area contributed by atoms with Crippen molar-refractivity contribution in [1.82, 2.24) is 24.7 Å². The molecule has 0 unspecified atom stereocenters. The van der Waals surface area contributed by atoms with Gasteiger partial charge >= 0.3 is 12.3 Å². The van der Waals surface area contributed by atoms with E-state index >= 15 is 0 Å². The van der Waals surface area contributed by atoms with Gasteiger partial charge in [0, 0.05) is 6.07 Å². The summed E-state index contributed by atoms with van der Waals surface area (Å²) >= 11 is 0. The predicted octanol–water partition coefficient (Wildman–Crippen LogP) is 1.34. The first kappa shape index (κ1) is 13.2. The van der Waals surface area contributed by atoms with Crippen molar-refractivity contribution in [2.75, 3.05) is 6.61 Å². The number of nitrogens with zero attached hydrogens (tertiary/aromatic N) is 5. The molecule has 0 aliphatic rings. The van der Waals surface area contributed by atoms with Crippen molar-refractivity contribution in [2.45, 2.75) is 12.3 Å². The van der Waals surface area contributed by atoms with Crippen molar-refractivity contribution in [1.29, 1.82) is 0 Å². The fourth-order valence-corrected chi connectivity index (χ4v) is 1.09. The minimum atomic E-state index is -4.24. The first-order valence-electron chi connectivity index (χ1n) is 4.95. The number of halogens is 4. The van der Waals surface area contributed by atoms with Crippen molar-refractivity contribution in [3.05, 3.63) is 25.0 Å². The van der Waals surface area contributed by atoms with Crippen LogP contribution in [0.2, 0.25) is 0 Å². The van der Waals surface area contributed by atoms with Gasteiger partial charge in [0.2, 0.25) is 5.88 Å². The largest absolute Gasteiger partial charge is 0.471 e. The number of ether oxygens (including phenoxy) is 1. The normalized spacial score (nSPS) is 11.8. The van der Waals surface area contributed by atoms with Crippen molar-refractivity contribution < 1.29 is 22.3 Å². The minimum Gasteiger partial charge on any atom is -0.471 e. The van der Waals surface area contributed by atoms with Crippen LogP contribution in [0.25, 0.3) is 5.82 Å². The zero-order valence-electron chi connectivity index (χ0n) is 9.25. The molecule has 0 radical (unpaired) electrons. The molecule has 0 aromatic carbocycles. The van der Waals surface area contributed by atoms with Crippen LogP contribution in [0.15, 0.2) is 25.0 Å². The van der Waals surface area contributed by atoms with Crippen LogP contribution in [-0.2, 0) is 0 Å². The van der Waals surface area contributed by atoms with E-state index in [4.69, 9.17) is 0 Å². The summed E-state index contributed by atoms with van der Waals surface area (Å²) in [6.45, 7) is -1.47. The Kier molecular flexibility index (Phi) is 3.58. The Bertz CT molecular complexity index is 533. The van der Waals surface area contributed by atoms with Gasteiger partial charge in [-0.1, -0.05) is 0 Å². The fourth-order valence-electron chi connectivity index (χ4n) is 1.09. The van der Waals surface area contributed by atoms with Crippen LogP contribution in [0.5, 0.6) is 5.88 Å². The minimum absolute atomic E-state index is 0.211. The second-order valence-electron chi connectivity index (χ2n) is 3.40. The quantitative estimate of drug-likeness (QED) is 0.771. The van der Waals surface area contributed by atoms with Gasteiger partial charge in [0.05, 0.1) is 0 Å². The lowest BCUT2D eigenvalue weighted by Gasteiger charge is -2.15. The molecule has 0 atom stereocenters. The maximum absolute atomic E-state index is 12.7. The molecule has 102 valence electrons. The average molecular weight is 277 g/mol. The van der Waals surface area contributed by atoms with Crippen LogP contribution in [0.1, 0.15) is 0 Å². The molecule has 6 nitrogen and oxygen atoms in total. The molecule has 0 aliphatic carbocycles. The van der Waals surface area contributed by atoms with Crippen LogP contribution < -0.4 is 4.74 Å². The summed E-state index contributed by atoms with van der Waals surface area (Å²) < 4.78 is 54.9. The van der Waals surface area contributed by atoms with E-state index in [1.807, 2.05) is 0 Å². The summed E-state index contributed by atoms with van der Waals surface area (Å²) in [4.78, 5) is 11.0. The van der Waals surface area contributed by atoms with E-state index in [9.17, 15) is 17.6 Å². The fraction of sp³-hybridized carbons (Fsp3) is 0.333. The zero-order chi connectivity index (χ0) is 13.9. The third-order valence-electron chi connectivity index (χ3n) is 2.01.